The molecule has 3 rings (SSSR count). The monoisotopic (exact) mass is 410 g/mol. The van der Waals surface area contributed by atoms with Crippen LogP contribution in [0.25, 0.3) is 10.8 Å². The second kappa shape index (κ2) is 9.38. The van der Waals surface area contributed by atoms with Crippen LogP contribution in [0.15, 0.2) is 58.2 Å². The molecule has 0 aliphatic rings. The lowest BCUT2D eigenvalue weighted by Crippen LogP contribution is -2.43. The Bertz CT molecular complexity index is 1110. The van der Waals surface area contributed by atoms with Crippen molar-refractivity contribution in [3.05, 3.63) is 70.1 Å². The lowest BCUT2D eigenvalue weighted by Gasteiger charge is -2.11. The van der Waals surface area contributed by atoms with E-state index in [0.29, 0.717) is 23.7 Å². The minimum atomic E-state index is -0.569. The number of nitrogens with one attached hydrogen (secondary N) is 2. The Morgan fingerprint density at radius 1 is 1.03 bits per heavy atom. The molecule has 0 bridgehead atoms. The second-order valence-corrected chi connectivity index (χ2v) is 7.50. The summed E-state index contributed by atoms with van der Waals surface area (Å²) in [4.78, 5) is 38.3. The van der Waals surface area contributed by atoms with Crippen LogP contribution in [0.5, 0.6) is 0 Å². The van der Waals surface area contributed by atoms with E-state index in [1.54, 1.807) is 24.3 Å². The highest BCUT2D eigenvalue weighted by Gasteiger charge is 2.17. The Morgan fingerprint density at radius 3 is 2.45 bits per heavy atom. The van der Waals surface area contributed by atoms with Crippen LogP contribution in [-0.2, 0) is 11.3 Å². The molecular weight excluding hydrogens is 388 g/mol. The van der Waals surface area contributed by atoms with Crippen molar-refractivity contribution in [1.82, 2.24) is 20.6 Å². The number of fused-ring (bicyclic) bond motifs is 1. The molecule has 2 amide bonds. The summed E-state index contributed by atoms with van der Waals surface area (Å²) in [7, 11) is 0. The fraction of sp³-hybridized carbons (Fsp3) is 0.238. The minimum absolute atomic E-state index is 0.0977. The van der Waals surface area contributed by atoms with Gasteiger partial charge in [0.05, 0.1) is 11.1 Å². The number of rotatable bonds is 6. The van der Waals surface area contributed by atoms with Crippen molar-refractivity contribution in [2.24, 2.45) is 0 Å². The molecule has 1 heterocycles. The van der Waals surface area contributed by atoms with Gasteiger partial charge in [-0.05, 0) is 31.0 Å². The van der Waals surface area contributed by atoms with E-state index in [2.05, 4.69) is 16.0 Å². The number of nitrogens with zero attached hydrogens (tertiary/aromatic N) is 2. The van der Waals surface area contributed by atoms with Gasteiger partial charge in [0, 0.05) is 16.8 Å². The number of carbonyl (C=O) groups is 2. The number of benzene rings is 2. The van der Waals surface area contributed by atoms with E-state index in [-0.39, 0.29) is 22.9 Å². The molecule has 0 saturated heterocycles. The first-order valence-corrected chi connectivity index (χ1v) is 10.3. The van der Waals surface area contributed by atoms with Crippen LogP contribution in [0.2, 0.25) is 0 Å². The summed E-state index contributed by atoms with van der Waals surface area (Å²) in [6.07, 6.45) is 0.708. The van der Waals surface area contributed by atoms with Gasteiger partial charge in [-0.2, -0.15) is 5.10 Å². The van der Waals surface area contributed by atoms with Crippen molar-refractivity contribution >= 4 is 34.3 Å². The molecule has 0 radical (unpaired) electrons. The lowest BCUT2D eigenvalue weighted by atomic mass is 10.1. The van der Waals surface area contributed by atoms with Crippen molar-refractivity contribution in [1.29, 1.82) is 0 Å². The highest BCUT2D eigenvalue weighted by atomic mass is 32.2. The predicted octanol–water partition coefficient (Wildman–Crippen LogP) is 2.67. The van der Waals surface area contributed by atoms with Crippen LogP contribution >= 0.6 is 11.8 Å². The van der Waals surface area contributed by atoms with Crippen LogP contribution < -0.4 is 16.4 Å². The summed E-state index contributed by atoms with van der Waals surface area (Å²) in [5.41, 5.74) is 5.76. The van der Waals surface area contributed by atoms with Crippen LogP contribution in [0.4, 0.5) is 0 Å². The molecular formula is C21H22N4O3S. The summed E-state index contributed by atoms with van der Waals surface area (Å²) >= 11 is 1.39. The smallest absolute Gasteiger partial charge is 0.272 e. The van der Waals surface area contributed by atoms with Crippen LogP contribution in [0.1, 0.15) is 29.4 Å². The van der Waals surface area contributed by atoms with E-state index in [0.717, 1.165) is 10.5 Å². The summed E-state index contributed by atoms with van der Waals surface area (Å²) < 4.78 is 1.28. The van der Waals surface area contributed by atoms with Gasteiger partial charge in [0.1, 0.15) is 0 Å². The number of hydrogen-bond donors (Lipinski definition) is 2. The third-order valence-electron chi connectivity index (χ3n) is 4.29. The minimum Gasteiger partial charge on any atom is -0.272 e. The maximum atomic E-state index is 12.6. The van der Waals surface area contributed by atoms with Gasteiger partial charge in [-0.25, -0.2) is 4.68 Å². The molecule has 0 aliphatic carbocycles. The first-order chi connectivity index (χ1) is 14.0. The summed E-state index contributed by atoms with van der Waals surface area (Å²) in [6, 6.07) is 14.6. The maximum absolute atomic E-state index is 12.6. The van der Waals surface area contributed by atoms with Crippen molar-refractivity contribution in [3.63, 3.8) is 0 Å². The van der Waals surface area contributed by atoms with E-state index in [1.165, 1.54) is 16.4 Å². The van der Waals surface area contributed by atoms with Crippen molar-refractivity contribution in [2.45, 2.75) is 31.7 Å². The first kappa shape index (κ1) is 20.6. The van der Waals surface area contributed by atoms with Crippen molar-refractivity contribution in [3.8, 4) is 0 Å². The zero-order chi connectivity index (χ0) is 20.8. The average Bonchev–Trinajstić information content (AvgIpc) is 2.73. The number of amides is 2. The number of thioether (sulfide) groups is 1. The fourth-order valence-electron chi connectivity index (χ4n) is 2.85. The van der Waals surface area contributed by atoms with Gasteiger partial charge in [-0.15, -0.1) is 11.8 Å². The van der Waals surface area contributed by atoms with E-state index in [9.17, 15) is 14.4 Å². The number of aryl methyl sites for hydroxylation is 2. The van der Waals surface area contributed by atoms with Crippen LogP contribution in [0, 0.1) is 6.92 Å². The zero-order valence-corrected chi connectivity index (χ0v) is 17.1. The van der Waals surface area contributed by atoms with Gasteiger partial charge in [0.25, 0.3) is 11.5 Å². The normalized spacial score (nSPS) is 10.7. The van der Waals surface area contributed by atoms with Gasteiger partial charge in [0.2, 0.25) is 5.91 Å². The maximum Gasteiger partial charge on any atom is 0.290 e. The number of aromatic nitrogens is 2. The van der Waals surface area contributed by atoms with Crippen molar-refractivity contribution < 1.29 is 9.59 Å². The largest absolute Gasteiger partial charge is 0.290 e. The molecule has 8 heteroatoms. The molecule has 0 aliphatic heterocycles. The van der Waals surface area contributed by atoms with E-state index in [1.807, 2.05) is 38.1 Å². The van der Waals surface area contributed by atoms with E-state index >= 15 is 0 Å². The molecule has 29 heavy (non-hydrogen) atoms. The average molecular weight is 410 g/mol. The molecule has 0 saturated carbocycles. The van der Waals surface area contributed by atoms with Crippen LogP contribution in [-0.4, -0.2) is 27.3 Å². The molecule has 0 unspecified atom stereocenters. The Kier molecular flexibility index (Phi) is 6.66. The van der Waals surface area contributed by atoms with Gasteiger partial charge >= 0.3 is 0 Å². The van der Waals surface area contributed by atoms with E-state index < -0.39 is 5.91 Å². The van der Waals surface area contributed by atoms with Gasteiger partial charge in [-0.1, -0.05) is 43.3 Å². The predicted molar refractivity (Wildman–Crippen MR) is 114 cm³/mol. The van der Waals surface area contributed by atoms with Crippen molar-refractivity contribution in [2.75, 3.05) is 5.75 Å². The first-order valence-electron chi connectivity index (χ1n) is 9.28. The number of hydrazine groups is 1. The summed E-state index contributed by atoms with van der Waals surface area (Å²) in [6.45, 7) is 4.31. The lowest BCUT2D eigenvalue weighted by molar-refractivity contribution is -0.119. The van der Waals surface area contributed by atoms with Gasteiger partial charge < -0.3 is 0 Å². The molecule has 2 aromatic carbocycles. The van der Waals surface area contributed by atoms with Gasteiger partial charge in [-0.3, -0.25) is 25.2 Å². The highest BCUT2D eigenvalue weighted by molar-refractivity contribution is 8.00. The molecule has 0 spiro atoms. The summed E-state index contributed by atoms with van der Waals surface area (Å²) in [5.74, 6) is -0.743. The van der Waals surface area contributed by atoms with Gasteiger partial charge in [0.15, 0.2) is 5.69 Å². The zero-order valence-electron chi connectivity index (χ0n) is 16.3. The topological polar surface area (TPSA) is 93.1 Å². The SMILES string of the molecule is CCCn1nc(C(=O)NNC(=O)CSc2ccccc2C)c2ccccc2c1=O. The molecule has 7 nitrogen and oxygen atoms in total. The van der Waals surface area contributed by atoms with E-state index in [4.69, 9.17) is 0 Å². The highest BCUT2D eigenvalue weighted by Crippen LogP contribution is 2.21. The molecule has 0 fully saturated rings. The molecule has 1 aromatic heterocycles. The number of carbonyl (C=O) groups excluding carboxylic acids is 2. The van der Waals surface area contributed by atoms with Crippen LogP contribution in [0.3, 0.4) is 0 Å². The Hall–Kier alpha value is -3.13. The third-order valence-corrected chi connectivity index (χ3v) is 5.46. The number of hydrogen-bond acceptors (Lipinski definition) is 5. The summed E-state index contributed by atoms with van der Waals surface area (Å²) in [5, 5.41) is 5.08. The standard InChI is InChI=1S/C21H22N4O3S/c1-3-12-25-21(28)16-10-6-5-9-15(16)19(24-25)20(27)23-22-18(26)13-29-17-11-7-4-8-14(17)2/h4-11H,3,12-13H2,1-2H3,(H,22,26)(H,23,27). The molecule has 0 atom stereocenters. The molecule has 2 N–H and O–H groups in total. The molecule has 150 valence electrons. The fourth-order valence-corrected chi connectivity index (χ4v) is 3.68. The Morgan fingerprint density at radius 2 is 1.72 bits per heavy atom. The Labute approximate surface area is 172 Å². The quantitative estimate of drug-likeness (QED) is 0.481. The second-order valence-electron chi connectivity index (χ2n) is 6.48. The molecule has 3 aromatic rings. The third kappa shape index (κ3) is 4.83. The Balaban J connectivity index is 1.71.